The molecule has 0 atom stereocenters. The molecular formula is C12H16BrN3O2. The summed E-state index contributed by atoms with van der Waals surface area (Å²) in [6.07, 6.45) is 2.61. The van der Waals surface area contributed by atoms with Gasteiger partial charge in [0.2, 0.25) is 0 Å². The van der Waals surface area contributed by atoms with Crippen molar-refractivity contribution in [3.8, 4) is 0 Å². The Morgan fingerprint density at radius 2 is 2.28 bits per heavy atom. The summed E-state index contributed by atoms with van der Waals surface area (Å²) in [5.41, 5.74) is 0.993. The molecule has 98 valence electrons. The van der Waals surface area contributed by atoms with Crippen molar-refractivity contribution < 1.29 is 4.92 Å². The van der Waals surface area contributed by atoms with Gasteiger partial charge in [-0.2, -0.15) is 0 Å². The number of likely N-dealkylation sites (N-methyl/N-ethyl adjacent to an activating group) is 1. The van der Waals surface area contributed by atoms with Gasteiger partial charge >= 0.3 is 0 Å². The molecule has 1 aromatic rings. The summed E-state index contributed by atoms with van der Waals surface area (Å²) in [7, 11) is 2.13. The molecule has 0 spiro atoms. The van der Waals surface area contributed by atoms with Crippen LogP contribution in [0.5, 0.6) is 0 Å². The van der Waals surface area contributed by atoms with Gasteiger partial charge in [-0.15, -0.1) is 0 Å². The lowest BCUT2D eigenvalue weighted by Gasteiger charge is -2.16. The fourth-order valence-corrected chi connectivity index (χ4v) is 2.33. The molecule has 2 rings (SSSR count). The molecule has 1 N–H and O–H groups in total. The Labute approximate surface area is 114 Å². The maximum absolute atomic E-state index is 10.6. The molecule has 1 saturated carbocycles. The fraction of sp³-hybridized carbons (Fsp3) is 0.500. The van der Waals surface area contributed by atoms with Gasteiger partial charge in [0.25, 0.3) is 5.69 Å². The van der Waals surface area contributed by atoms with E-state index in [0.717, 1.165) is 29.3 Å². The van der Waals surface area contributed by atoms with Gasteiger partial charge in [-0.05, 0) is 41.9 Å². The molecule has 0 bridgehead atoms. The zero-order valence-electron chi connectivity index (χ0n) is 10.2. The molecule has 0 aliphatic heterocycles. The lowest BCUT2D eigenvalue weighted by Crippen LogP contribution is -2.27. The maximum Gasteiger partial charge on any atom is 0.270 e. The first-order valence-corrected chi connectivity index (χ1v) is 6.75. The van der Waals surface area contributed by atoms with E-state index in [0.29, 0.717) is 0 Å². The van der Waals surface area contributed by atoms with Gasteiger partial charge in [0.1, 0.15) is 0 Å². The molecule has 0 amide bonds. The lowest BCUT2D eigenvalue weighted by atomic mass is 10.3. The van der Waals surface area contributed by atoms with E-state index < -0.39 is 4.92 Å². The summed E-state index contributed by atoms with van der Waals surface area (Å²) >= 11 is 3.34. The summed E-state index contributed by atoms with van der Waals surface area (Å²) in [4.78, 5) is 12.6. The van der Waals surface area contributed by atoms with Crippen molar-refractivity contribution in [2.24, 2.45) is 0 Å². The number of nitrogens with one attached hydrogen (secondary N) is 1. The van der Waals surface area contributed by atoms with Crippen LogP contribution in [0.1, 0.15) is 12.8 Å². The minimum Gasteiger partial charge on any atom is -0.383 e. The third kappa shape index (κ3) is 3.43. The topological polar surface area (TPSA) is 58.4 Å². The highest BCUT2D eigenvalue weighted by Crippen LogP contribution is 2.27. The SMILES string of the molecule is CN(CCNc1ccc([N+](=O)[O-])cc1Br)C1CC1. The smallest absolute Gasteiger partial charge is 0.270 e. The lowest BCUT2D eigenvalue weighted by molar-refractivity contribution is -0.384. The average Bonchev–Trinajstić information content (AvgIpc) is 3.14. The molecule has 0 heterocycles. The number of benzene rings is 1. The Balaban J connectivity index is 1.86. The van der Waals surface area contributed by atoms with Crippen molar-refractivity contribution in [2.75, 3.05) is 25.5 Å². The average molecular weight is 314 g/mol. The second kappa shape index (κ2) is 5.67. The van der Waals surface area contributed by atoms with E-state index in [9.17, 15) is 10.1 Å². The highest BCUT2D eigenvalue weighted by atomic mass is 79.9. The number of non-ortho nitro benzene ring substituents is 1. The number of halogens is 1. The third-order valence-corrected chi connectivity index (χ3v) is 3.77. The van der Waals surface area contributed by atoms with Crippen LogP contribution in [0, 0.1) is 10.1 Å². The first-order valence-electron chi connectivity index (χ1n) is 5.96. The minimum atomic E-state index is -0.393. The third-order valence-electron chi connectivity index (χ3n) is 3.11. The Kier molecular flexibility index (Phi) is 4.19. The highest BCUT2D eigenvalue weighted by molar-refractivity contribution is 9.10. The van der Waals surface area contributed by atoms with Crippen molar-refractivity contribution in [1.82, 2.24) is 4.90 Å². The number of nitro groups is 1. The molecular weight excluding hydrogens is 298 g/mol. The zero-order valence-corrected chi connectivity index (χ0v) is 11.8. The number of hydrogen-bond acceptors (Lipinski definition) is 4. The molecule has 1 aromatic carbocycles. The summed E-state index contributed by atoms with van der Waals surface area (Å²) in [6, 6.07) is 5.52. The first-order chi connectivity index (χ1) is 8.58. The molecule has 6 heteroatoms. The van der Waals surface area contributed by atoms with Crippen LogP contribution in [0.15, 0.2) is 22.7 Å². The molecule has 0 unspecified atom stereocenters. The highest BCUT2D eigenvalue weighted by Gasteiger charge is 2.25. The van der Waals surface area contributed by atoms with Crippen molar-refractivity contribution in [1.29, 1.82) is 0 Å². The zero-order chi connectivity index (χ0) is 13.1. The van der Waals surface area contributed by atoms with Crippen molar-refractivity contribution in [3.63, 3.8) is 0 Å². The van der Waals surface area contributed by atoms with E-state index >= 15 is 0 Å². The molecule has 0 radical (unpaired) electrons. The van der Waals surface area contributed by atoms with Crippen molar-refractivity contribution in [2.45, 2.75) is 18.9 Å². The second-order valence-electron chi connectivity index (χ2n) is 4.56. The number of rotatable bonds is 6. The number of nitro benzene ring substituents is 1. The van der Waals surface area contributed by atoms with Crippen LogP contribution in [0.4, 0.5) is 11.4 Å². The maximum atomic E-state index is 10.6. The van der Waals surface area contributed by atoms with E-state index in [1.165, 1.54) is 25.0 Å². The Hall–Kier alpha value is -1.14. The molecule has 18 heavy (non-hydrogen) atoms. The van der Waals surface area contributed by atoms with Gasteiger partial charge in [-0.3, -0.25) is 10.1 Å². The van der Waals surface area contributed by atoms with Gasteiger partial charge in [0, 0.05) is 41.4 Å². The van der Waals surface area contributed by atoms with E-state index in [1.54, 1.807) is 6.07 Å². The minimum absolute atomic E-state index is 0.0996. The van der Waals surface area contributed by atoms with Crippen LogP contribution in [-0.2, 0) is 0 Å². The van der Waals surface area contributed by atoms with Crippen LogP contribution in [0.25, 0.3) is 0 Å². The fourth-order valence-electron chi connectivity index (χ4n) is 1.83. The predicted octanol–water partition coefficient (Wildman–Crippen LogP) is 2.86. The number of nitrogens with zero attached hydrogens (tertiary/aromatic N) is 2. The Bertz CT molecular complexity index is 449. The predicted molar refractivity (Wildman–Crippen MR) is 74.9 cm³/mol. The van der Waals surface area contributed by atoms with Gasteiger partial charge in [-0.1, -0.05) is 0 Å². The summed E-state index contributed by atoms with van der Waals surface area (Å²) in [5, 5.41) is 13.9. The van der Waals surface area contributed by atoms with Crippen LogP contribution in [-0.4, -0.2) is 36.0 Å². The molecule has 1 aliphatic rings. The van der Waals surface area contributed by atoms with E-state index in [4.69, 9.17) is 0 Å². The van der Waals surface area contributed by atoms with Gasteiger partial charge < -0.3 is 10.2 Å². The normalized spacial score (nSPS) is 14.8. The van der Waals surface area contributed by atoms with Gasteiger partial charge in [0.05, 0.1) is 4.92 Å². The quantitative estimate of drug-likeness (QED) is 0.648. The summed E-state index contributed by atoms with van der Waals surface area (Å²) in [6.45, 7) is 1.82. The molecule has 1 aliphatic carbocycles. The molecule has 0 aromatic heterocycles. The summed E-state index contributed by atoms with van der Waals surface area (Å²) in [5.74, 6) is 0. The van der Waals surface area contributed by atoms with Crippen molar-refractivity contribution in [3.05, 3.63) is 32.8 Å². The van der Waals surface area contributed by atoms with Crippen LogP contribution < -0.4 is 5.32 Å². The van der Waals surface area contributed by atoms with E-state index in [2.05, 4.69) is 33.2 Å². The van der Waals surface area contributed by atoms with Crippen LogP contribution in [0.3, 0.4) is 0 Å². The monoisotopic (exact) mass is 313 g/mol. The summed E-state index contributed by atoms with van der Waals surface area (Å²) < 4.78 is 0.728. The first kappa shape index (κ1) is 13.3. The Morgan fingerprint density at radius 1 is 1.56 bits per heavy atom. The standard InChI is InChI=1S/C12H16BrN3O2/c1-15(9-2-3-9)7-6-14-12-5-4-10(16(17)18)8-11(12)13/h4-5,8-9,14H,2-3,6-7H2,1H3. The van der Waals surface area contributed by atoms with Crippen molar-refractivity contribution >= 4 is 27.3 Å². The van der Waals surface area contributed by atoms with E-state index in [1.807, 2.05) is 0 Å². The van der Waals surface area contributed by atoms with Crippen LogP contribution >= 0.6 is 15.9 Å². The Morgan fingerprint density at radius 3 is 2.83 bits per heavy atom. The van der Waals surface area contributed by atoms with Gasteiger partial charge in [0.15, 0.2) is 0 Å². The van der Waals surface area contributed by atoms with E-state index in [-0.39, 0.29) is 5.69 Å². The number of hydrogen-bond donors (Lipinski definition) is 1. The number of anilines is 1. The van der Waals surface area contributed by atoms with Crippen LogP contribution in [0.2, 0.25) is 0 Å². The van der Waals surface area contributed by atoms with Gasteiger partial charge in [-0.25, -0.2) is 0 Å². The molecule has 0 saturated heterocycles. The largest absolute Gasteiger partial charge is 0.383 e. The molecule has 5 nitrogen and oxygen atoms in total. The second-order valence-corrected chi connectivity index (χ2v) is 5.41. The molecule has 1 fully saturated rings.